The molecule has 2 rings (SSSR count). The van der Waals surface area contributed by atoms with Gasteiger partial charge in [0.15, 0.2) is 5.75 Å². The number of halogens is 1. The minimum Gasteiger partial charge on any atom is -0.490 e. The van der Waals surface area contributed by atoms with Crippen LogP contribution in [0.3, 0.4) is 0 Å². The van der Waals surface area contributed by atoms with Crippen molar-refractivity contribution in [3.63, 3.8) is 0 Å². The van der Waals surface area contributed by atoms with Gasteiger partial charge >= 0.3 is 11.7 Å². The minimum absolute atomic E-state index is 0.0594. The summed E-state index contributed by atoms with van der Waals surface area (Å²) in [6.45, 7) is 1.85. The van der Waals surface area contributed by atoms with E-state index in [2.05, 4.69) is 4.98 Å². The summed E-state index contributed by atoms with van der Waals surface area (Å²) in [5.74, 6) is -0.560. The molecule has 1 heterocycles. The molecule has 21 heavy (non-hydrogen) atoms. The Balaban J connectivity index is 2.69. The highest BCUT2D eigenvalue weighted by Gasteiger charge is 2.21. The molecule has 0 saturated heterocycles. The molecule has 0 radical (unpaired) electrons. The summed E-state index contributed by atoms with van der Waals surface area (Å²) >= 11 is 6.14. The van der Waals surface area contributed by atoms with Crippen LogP contribution in [0.1, 0.15) is 17.3 Å². The van der Waals surface area contributed by atoms with Gasteiger partial charge in [-0.3, -0.25) is 15.1 Å². The Morgan fingerprint density at radius 3 is 2.76 bits per heavy atom. The van der Waals surface area contributed by atoms with Gasteiger partial charge in [0.1, 0.15) is 0 Å². The van der Waals surface area contributed by atoms with Crippen molar-refractivity contribution in [1.29, 1.82) is 0 Å². The van der Waals surface area contributed by atoms with Crippen molar-refractivity contribution >= 4 is 34.2 Å². The normalized spacial score (nSPS) is 10.4. The van der Waals surface area contributed by atoms with Crippen molar-refractivity contribution in [2.45, 2.75) is 6.92 Å². The standard InChI is InChI=1S/C13H11ClN2O5/c1-3-21-13(17)8-6-15-9-5-11(20-2)10(16(18)19)4-7(9)12(8)14/h4-6H,3H2,1-2H3. The van der Waals surface area contributed by atoms with Gasteiger partial charge in [-0.05, 0) is 6.92 Å². The molecule has 110 valence electrons. The van der Waals surface area contributed by atoms with Crippen LogP contribution in [-0.2, 0) is 4.74 Å². The van der Waals surface area contributed by atoms with Crippen LogP contribution in [0.2, 0.25) is 5.02 Å². The highest BCUT2D eigenvalue weighted by atomic mass is 35.5. The topological polar surface area (TPSA) is 91.6 Å². The number of carbonyl (C=O) groups is 1. The number of rotatable bonds is 4. The van der Waals surface area contributed by atoms with Crippen molar-refractivity contribution in [1.82, 2.24) is 4.98 Å². The van der Waals surface area contributed by atoms with Gasteiger partial charge < -0.3 is 9.47 Å². The molecule has 8 heteroatoms. The van der Waals surface area contributed by atoms with Gasteiger partial charge in [-0.2, -0.15) is 0 Å². The van der Waals surface area contributed by atoms with Gasteiger partial charge in [-0.25, -0.2) is 4.79 Å². The number of esters is 1. The fourth-order valence-corrected chi connectivity index (χ4v) is 2.11. The second-order valence-electron chi connectivity index (χ2n) is 4.00. The fourth-order valence-electron chi connectivity index (χ4n) is 1.83. The Morgan fingerprint density at radius 2 is 2.19 bits per heavy atom. The summed E-state index contributed by atoms with van der Waals surface area (Å²) in [7, 11) is 1.32. The van der Waals surface area contributed by atoms with Gasteiger partial charge in [0.2, 0.25) is 0 Å². The van der Waals surface area contributed by atoms with Crippen molar-refractivity contribution < 1.29 is 19.2 Å². The van der Waals surface area contributed by atoms with Crippen LogP contribution in [-0.4, -0.2) is 29.6 Å². The summed E-state index contributed by atoms with van der Waals surface area (Å²) in [5.41, 5.74) is 0.190. The van der Waals surface area contributed by atoms with Gasteiger partial charge in [0.25, 0.3) is 0 Å². The van der Waals surface area contributed by atoms with E-state index in [1.807, 2.05) is 0 Å². The van der Waals surface area contributed by atoms with Crippen LogP contribution in [0.15, 0.2) is 18.3 Å². The van der Waals surface area contributed by atoms with Crippen LogP contribution >= 0.6 is 11.6 Å². The number of nitro benzene ring substituents is 1. The van der Waals surface area contributed by atoms with Crippen molar-refractivity contribution in [3.05, 3.63) is 39.0 Å². The predicted octanol–water partition coefficient (Wildman–Crippen LogP) is 2.98. The van der Waals surface area contributed by atoms with E-state index in [1.165, 1.54) is 25.4 Å². The van der Waals surface area contributed by atoms with Crippen molar-refractivity contribution in [2.24, 2.45) is 0 Å². The average molecular weight is 311 g/mol. The Labute approximate surface area is 124 Å². The zero-order valence-electron chi connectivity index (χ0n) is 11.3. The smallest absolute Gasteiger partial charge is 0.341 e. The molecule has 0 amide bonds. The number of aromatic nitrogens is 1. The molecule has 0 spiro atoms. The van der Waals surface area contributed by atoms with Crippen LogP contribution in [0.4, 0.5) is 5.69 Å². The fraction of sp³-hybridized carbons (Fsp3) is 0.231. The van der Waals surface area contributed by atoms with E-state index in [-0.39, 0.29) is 34.0 Å². The lowest BCUT2D eigenvalue weighted by Gasteiger charge is -2.08. The lowest BCUT2D eigenvalue weighted by atomic mass is 10.1. The molecule has 0 N–H and O–H groups in total. The van der Waals surface area contributed by atoms with Gasteiger partial charge in [0, 0.05) is 23.7 Å². The molecule has 2 aromatic rings. The highest BCUT2D eigenvalue weighted by molar-refractivity contribution is 6.38. The molecular formula is C13H11ClN2O5. The monoisotopic (exact) mass is 310 g/mol. The zero-order valence-corrected chi connectivity index (χ0v) is 12.0. The lowest BCUT2D eigenvalue weighted by molar-refractivity contribution is -0.385. The molecule has 0 aliphatic heterocycles. The molecule has 0 atom stereocenters. The number of fused-ring (bicyclic) bond motifs is 1. The summed E-state index contributed by atoms with van der Waals surface area (Å²) in [4.78, 5) is 26.2. The summed E-state index contributed by atoms with van der Waals surface area (Å²) in [6, 6.07) is 2.63. The number of hydrogen-bond acceptors (Lipinski definition) is 6. The van der Waals surface area contributed by atoms with Crippen LogP contribution in [0.5, 0.6) is 5.75 Å². The van der Waals surface area contributed by atoms with Crippen LogP contribution in [0.25, 0.3) is 10.9 Å². The number of nitrogens with zero attached hydrogens (tertiary/aromatic N) is 2. The van der Waals surface area contributed by atoms with E-state index < -0.39 is 10.9 Å². The third kappa shape index (κ3) is 2.73. The molecular weight excluding hydrogens is 300 g/mol. The maximum atomic E-state index is 11.7. The van der Waals surface area contributed by atoms with E-state index in [1.54, 1.807) is 6.92 Å². The molecule has 0 unspecified atom stereocenters. The Bertz CT molecular complexity index is 732. The molecule has 1 aromatic carbocycles. The van der Waals surface area contributed by atoms with E-state index >= 15 is 0 Å². The maximum Gasteiger partial charge on any atom is 0.341 e. The molecule has 7 nitrogen and oxygen atoms in total. The number of benzene rings is 1. The van der Waals surface area contributed by atoms with Gasteiger partial charge in [-0.1, -0.05) is 11.6 Å². The van der Waals surface area contributed by atoms with Crippen molar-refractivity contribution in [2.75, 3.05) is 13.7 Å². The quantitative estimate of drug-likeness (QED) is 0.490. The molecule has 0 aliphatic carbocycles. The molecule has 0 saturated carbocycles. The number of carbonyl (C=O) groups excluding carboxylic acids is 1. The Hall–Kier alpha value is -2.41. The van der Waals surface area contributed by atoms with E-state index in [0.717, 1.165) is 0 Å². The molecule has 0 fully saturated rings. The largest absolute Gasteiger partial charge is 0.490 e. The van der Waals surface area contributed by atoms with Crippen molar-refractivity contribution in [3.8, 4) is 5.75 Å². The summed E-state index contributed by atoms with van der Waals surface area (Å²) < 4.78 is 9.81. The zero-order chi connectivity index (χ0) is 15.6. The second kappa shape index (κ2) is 5.92. The number of ether oxygens (including phenoxy) is 2. The lowest BCUT2D eigenvalue weighted by Crippen LogP contribution is -2.06. The Kier molecular flexibility index (Phi) is 4.23. The first kappa shape index (κ1) is 15.0. The molecule has 1 aromatic heterocycles. The first-order valence-corrected chi connectivity index (χ1v) is 6.35. The third-order valence-corrected chi connectivity index (χ3v) is 3.20. The molecule has 0 bridgehead atoms. The van der Waals surface area contributed by atoms with Gasteiger partial charge in [0.05, 0.1) is 34.7 Å². The third-order valence-electron chi connectivity index (χ3n) is 2.79. The van der Waals surface area contributed by atoms with Crippen LogP contribution < -0.4 is 4.74 Å². The number of methoxy groups -OCH3 is 1. The first-order chi connectivity index (χ1) is 9.99. The van der Waals surface area contributed by atoms with Gasteiger partial charge in [-0.15, -0.1) is 0 Å². The number of hydrogen-bond donors (Lipinski definition) is 0. The summed E-state index contributed by atoms with van der Waals surface area (Å²) in [6.07, 6.45) is 1.27. The minimum atomic E-state index is -0.629. The molecule has 0 aliphatic rings. The van der Waals surface area contributed by atoms with E-state index in [9.17, 15) is 14.9 Å². The second-order valence-corrected chi connectivity index (χ2v) is 4.38. The number of pyridine rings is 1. The highest BCUT2D eigenvalue weighted by Crippen LogP contribution is 2.35. The predicted molar refractivity (Wildman–Crippen MR) is 75.9 cm³/mol. The maximum absolute atomic E-state index is 11.7. The Morgan fingerprint density at radius 1 is 1.48 bits per heavy atom. The van der Waals surface area contributed by atoms with E-state index in [0.29, 0.717) is 5.52 Å². The average Bonchev–Trinajstić information content (AvgIpc) is 2.46. The summed E-state index contributed by atoms with van der Waals surface area (Å²) in [5, 5.41) is 11.4. The first-order valence-electron chi connectivity index (χ1n) is 5.97. The van der Waals surface area contributed by atoms with Crippen LogP contribution in [0, 0.1) is 10.1 Å². The number of nitro groups is 1. The van der Waals surface area contributed by atoms with E-state index in [4.69, 9.17) is 21.1 Å². The SMILES string of the molecule is CCOC(=O)c1cnc2cc(OC)c([N+](=O)[O-])cc2c1Cl.